The van der Waals surface area contributed by atoms with Crippen LogP contribution < -0.4 is 11.5 Å². The summed E-state index contributed by atoms with van der Waals surface area (Å²) in [7, 11) is 0. The van der Waals surface area contributed by atoms with Crippen molar-refractivity contribution in [2.24, 2.45) is 5.73 Å². The van der Waals surface area contributed by atoms with E-state index in [1.54, 1.807) is 0 Å². The van der Waals surface area contributed by atoms with Crippen LogP contribution in [0.3, 0.4) is 0 Å². The Balaban J connectivity index is 0.00000102. The minimum absolute atomic E-state index is 0.115. The Hall–Kier alpha value is -3.40. The third-order valence-electron chi connectivity index (χ3n) is 7.85. The summed E-state index contributed by atoms with van der Waals surface area (Å²) in [5, 5.41) is 4.62. The molecule has 4 N–H and O–H groups in total. The van der Waals surface area contributed by atoms with Crippen molar-refractivity contribution in [1.29, 1.82) is 0 Å². The van der Waals surface area contributed by atoms with Crippen LogP contribution in [0.5, 0.6) is 0 Å². The number of hydrogen-bond donors (Lipinski definition) is 2. The Labute approximate surface area is 214 Å². The third kappa shape index (κ3) is 4.82. The number of aryl methyl sites for hydroxylation is 1. The number of alkyl halides is 3. The van der Waals surface area contributed by atoms with Gasteiger partial charge in [-0.2, -0.15) is 18.3 Å². The van der Waals surface area contributed by atoms with Crippen LogP contribution in [0.1, 0.15) is 49.9 Å². The van der Waals surface area contributed by atoms with Gasteiger partial charge < -0.3 is 11.5 Å². The van der Waals surface area contributed by atoms with Gasteiger partial charge in [-0.3, -0.25) is 9.58 Å². The first-order chi connectivity index (χ1) is 17.5. The van der Waals surface area contributed by atoms with Crippen LogP contribution in [-0.2, 0) is 23.7 Å². The van der Waals surface area contributed by atoms with Crippen LogP contribution in [0.4, 0.5) is 23.4 Å². The van der Waals surface area contributed by atoms with Crippen molar-refractivity contribution in [3.8, 4) is 11.3 Å². The second-order valence-corrected chi connectivity index (χ2v) is 9.86. The molecule has 1 fully saturated rings. The van der Waals surface area contributed by atoms with Crippen LogP contribution in [0.25, 0.3) is 11.3 Å². The highest BCUT2D eigenvalue weighted by Crippen LogP contribution is 2.48. The highest BCUT2D eigenvalue weighted by molar-refractivity contribution is 5.63. The molecular formula is C27H32F4N6. The van der Waals surface area contributed by atoms with Gasteiger partial charge in [0.2, 0.25) is 0 Å². The first kappa shape index (κ1) is 26.7. The molecule has 1 spiro atoms. The molecule has 37 heavy (non-hydrogen) atoms. The second-order valence-electron chi connectivity index (χ2n) is 9.86. The first-order valence-corrected chi connectivity index (χ1v) is 12.2. The summed E-state index contributed by atoms with van der Waals surface area (Å²) < 4.78 is 55.4. The number of halogens is 4. The van der Waals surface area contributed by atoms with E-state index in [4.69, 9.17) is 5.73 Å². The zero-order valence-electron chi connectivity index (χ0n) is 21.0. The van der Waals surface area contributed by atoms with E-state index in [0.29, 0.717) is 11.3 Å². The van der Waals surface area contributed by atoms with Crippen molar-refractivity contribution in [3.63, 3.8) is 0 Å². The summed E-state index contributed by atoms with van der Waals surface area (Å²) in [5.74, 6) is -0.788. The molecule has 0 amide bonds. The third-order valence-corrected chi connectivity index (χ3v) is 7.85. The van der Waals surface area contributed by atoms with Gasteiger partial charge in [0.25, 0.3) is 0 Å². The summed E-state index contributed by atoms with van der Waals surface area (Å²) in [6, 6.07) is 9.64. The predicted octanol–water partition coefficient (Wildman–Crippen LogP) is 5.45. The monoisotopic (exact) mass is 516 g/mol. The number of rotatable bonds is 4. The first-order valence-electron chi connectivity index (χ1n) is 12.2. The molecule has 1 saturated heterocycles. The lowest BCUT2D eigenvalue weighted by Gasteiger charge is -2.40. The van der Waals surface area contributed by atoms with E-state index in [1.807, 2.05) is 22.9 Å². The van der Waals surface area contributed by atoms with Crippen molar-refractivity contribution < 1.29 is 17.6 Å². The second kappa shape index (κ2) is 9.81. The summed E-state index contributed by atoms with van der Waals surface area (Å²) in [6.45, 7) is 9.88. The number of fused-ring (bicyclic) bond motifs is 2. The van der Waals surface area contributed by atoms with Gasteiger partial charge in [0.05, 0.1) is 11.3 Å². The Morgan fingerprint density at radius 2 is 1.78 bits per heavy atom. The Bertz CT molecular complexity index is 1270. The van der Waals surface area contributed by atoms with E-state index in [0.717, 1.165) is 56.2 Å². The molecule has 0 aliphatic carbocycles. The molecule has 0 bridgehead atoms. The summed E-state index contributed by atoms with van der Waals surface area (Å²) in [5.41, 5.74) is 11.7. The molecule has 3 aromatic rings. The number of nitrogens with zero attached hydrogens (tertiary/aromatic N) is 4. The number of aromatic nitrogens is 3. The fourth-order valence-corrected chi connectivity index (χ4v) is 5.57. The van der Waals surface area contributed by atoms with Gasteiger partial charge in [0, 0.05) is 41.5 Å². The van der Waals surface area contributed by atoms with Crippen molar-refractivity contribution in [1.82, 2.24) is 19.7 Å². The average Bonchev–Trinajstić information content (AvgIpc) is 3.56. The Morgan fingerprint density at radius 1 is 1.14 bits per heavy atom. The van der Waals surface area contributed by atoms with Gasteiger partial charge in [-0.05, 0) is 68.8 Å². The van der Waals surface area contributed by atoms with Gasteiger partial charge in [0.15, 0.2) is 0 Å². The summed E-state index contributed by atoms with van der Waals surface area (Å²) >= 11 is 0. The fourth-order valence-electron chi connectivity index (χ4n) is 5.57. The summed E-state index contributed by atoms with van der Waals surface area (Å²) in [4.78, 5) is 6.22. The zero-order chi connectivity index (χ0) is 27.0. The Kier molecular flexibility index (Phi) is 7.07. The summed E-state index contributed by atoms with van der Waals surface area (Å²) in [6.07, 6.45) is 0.759. The highest BCUT2D eigenvalue weighted by atomic mass is 19.4. The molecule has 0 saturated carbocycles. The van der Waals surface area contributed by atoms with Crippen LogP contribution in [0, 0.1) is 5.82 Å². The van der Waals surface area contributed by atoms with Crippen LogP contribution in [0.2, 0.25) is 0 Å². The van der Waals surface area contributed by atoms with Gasteiger partial charge in [0.1, 0.15) is 11.6 Å². The van der Waals surface area contributed by atoms with Gasteiger partial charge >= 0.3 is 6.18 Å². The maximum atomic E-state index is 13.5. The van der Waals surface area contributed by atoms with E-state index < -0.39 is 17.6 Å². The predicted molar refractivity (Wildman–Crippen MR) is 136 cm³/mol. The lowest BCUT2D eigenvalue weighted by atomic mass is 9.81. The number of benzene rings is 1. The SMILES string of the molecule is C=CN.CCC(C)(c1ccc(F)cc1)N1CCC2(CCn3nc(-c4cnc(N)c(C(F)(F)F)c4)cc32)C1. The smallest absolute Gasteiger partial charge is 0.405 e. The van der Waals surface area contributed by atoms with E-state index in [2.05, 4.69) is 41.1 Å². The van der Waals surface area contributed by atoms with Crippen molar-refractivity contribution in [2.45, 2.75) is 56.8 Å². The van der Waals surface area contributed by atoms with E-state index >= 15 is 0 Å². The number of hydrogen-bond acceptors (Lipinski definition) is 5. The van der Waals surface area contributed by atoms with Gasteiger partial charge in [-0.1, -0.05) is 25.6 Å². The maximum absolute atomic E-state index is 13.5. The fraction of sp³-hybridized carbons (Fsp3) is 0.407. The lowest BCUT2D eigenvalue weighted by molar-refractivity contribution is -0.137. The molecule has 2 aliphatic rings. The number of pyridine rings is 1. The molecule has 2 unspecified atom stereocenters. The topological polar surface area (TPSA) is 86.0 Å². The molecule has 5 rings (SSSR count). The number of nitrogens with two attached hydrogens (primary N) is 2. The standard InChI is InChI=1S/C25H27F4N5.C2H5N/c1-3-23(2,17-4-6-18(26)7-5-17)33-10-8-24(15-33)9-11-34-21(24)13-20(32-34)16-12-19(25(27,28)29)22(30)31-14-16;1-2-3/h4-7,12-14H,3,8-11,15H2,1-2H3,(H2,30,31);2H,1,3H2. The lowest BCUT2D eigenvalue weighted by Crippen LogP contribution is -2.43. The number of anilines is 1. The largest absolute Gasteiger partial charge is 0.419 e. The van der Waals surface area contributed by atoms with Crippen molar-refractivity contribution >= 4 is 5.82 Å². The van der Waals surface area contributed by atoms with Crippen LogP contribution >= 0.6 is 0 Å². The number of likely N-dealkylation sites (tertiary alicyclic amines) is 1. The molecule has 10 heteroatoms. The van der Waals surface area contributed by atoms with Gasteiger partial charge in [-0.15, -0.1) is 0 Å². The molecule has 198 valence electrons. The molecule has 2 atom stereocenters. The minimum atomic E-state index is -4.58. The highest BCUT2D eigenvalue weighted by Gasteiger charge is 2.49. The van der Waals surface area contributed by atoms with E-state index in [-0.39, 0.29) is 16.8 Å². The molecule has 1 aromatic carbocycles. The molecule has 6 nitrogen and oxygen atoms in total. The molecular weight excluding hydrogens is 484 g/mol. The minimum Gasteiger partial charge on any atom is -0.405 e. The normalized spacial score (nSPS) is 20.8. The molecule has 4 heterocycles. The molecule has 0 radical (unpaired) electrons. The number of nitrogen functional groups attached to an aromatic ring is 1. The Morgan fingerprint density at radius 3 is 2.41 bits per heavy atom. The van der Waals surface area contributed by atoms with Crippen molar-refractivity contribution in [2.75, 3.05) is 18.8 Å². The average molecular weight is 517 g/mol. The van der Waals surface area contributed by atoms with E-state index in [1.165, 1.54) is 24.5 Å². The van der Waals surface area contributed by atoms with E-state index in [9.17, 15) is 17.6 Å². The zero-order valence-corrected chi connectivity index (χ0v) is 21.0. The van der Waals surface area contributed by atoms with Crippen LogP contribution in [-0.4, -0.2) is 32.8 Å². The molecule has 2 aliphatic heterocycles. The molecule has 2 aromatic heterocycles. The van der Waals surface area contributed by atoms with Gasteiger partial charge in [-0.25, -0.2) is 9.37 Å². The van der Waals surface area contributed by atoms with Crippen molar-refractivity contribution in [3.05, 3.63) is 78.0 Å². The quantitative estimate of drug-likeness (QED) is 0.451. The maximum Gasteiger partial charge on any atom is 0.419 e. The van der Waals surface area contributed by atoms with Crippen LogP contribution in [0.15, 0.2) is 55.4 Å².